The molecular weight excluding hydrogens is 412 g/mol. The van der Waals surface area contributed by atoms with Crippen LogP contribution in [-0.2, 0) is 25.5 Å². The first kappa shape index (κ1) is 23.2. The summed E-state index contributed by atoms with van der Waals surface area (Å²) in [5.41, 5.74) is 2.57. The lowest BCUT2D eigenvalue weighted by molar-refractivity contribution is -0.151. The third kappa shape index (κ3) is 4.90. The Kier molecular flexibility index (Phi) is 7.12. The lowest BCUT2D eigenvalue weighted by Crippen LogP contribution is -2.31. The first-order valence-electron chi connectivity index (χ1n) is 10.6. The Labute approximate surface area is 186 Å². The molecule has 8 heteroatoms. The number of methoxy groups -OCH3 is 1. The molecule has 0 saturated carbocycles. The number of benzene rings is 1. The number of nitrogens with zero attached hydrogens (tertiary/aromatic N) is 1. The number of aryl methyl sites for hydroxylation is 1. The van der Waals surface area contributed by atoms with Crippen LogP contribution >= 0.6 is 0 Å². The van der Waals surface area contributed by atoms with Crippen molar-refractivity contribution in [2.45, 2.75) is 39.7 Å². The normalized spacial score (nSPS) is 16.7. The fourth-order valence-corrected chi connectivity index (χ4v) is 3.99. The molecule has 1 amide bonds. The van der Waals surface area contributed by atoms with Crippen molar-refractivity contribution in [1.29, 1.82) is 0 Å². The molecule has 3 rings (SSSR count). The smallest absolute Gasteiger partial charge is 0.339 e. The molecule has 170 valence electrons. The van der Waals surface area contributed by atoms with Gasteiger partial charge in [0.25, 0.3) is 0 Å². The molecule has 1 saturated heterocycles. The third-order valence-electron chi connectivity index (χ3n) is 5.80. The molecule has 8 nitrogen and oxygen atoms in total. The average Bonchev–Trinajstić information content (AvgIpc) is 3.30. The number of amides is 1. The number of hydrogen-bond donors (Lipinski definition) is 1. The van der Waals surface area contributed by atoms with E-state index in [2.05, 4.69) is 4.98 Å². The van der Waals surface area contributed by atoms with Crippen LogP contribution in [0.25, 0.3) is 0 Å². The molecule has 1 fully saturated rings. The van der Waals surface area contributed by atoms with Gasteiger partial charge in [-0.2, -0.15) is 0 Å². The summed E-state index contributed by atoms with van der Waals surface area (Å²) in [6.45, 7) is 5.59. The van der Waals surface area contributed by atoms with Gasteiger partial charge in [-0.3, -0.25) is 14.4 Å². The van der Waals surface area contributed by atoms with Crippen LogP contribution in [0.15, 0.2) is 30.3 Å². The molecule has 32 heavy (non-hydrogen) atoms. The Morgan fingerprint density at radius 2 is 1.88 bits per heavy atom. The van der Waals surface area contributed by atoms with Gasteiger partial charge >= 0.3 is 11.9 Å². The highest BCUT2D eigenvalue weighted by atomic mass is 16.5. The van der Waals surface area contributed by atoms with Crippen molar-refractivity contribution in [2.75, 3.05) is 20.2 Å². The maximum absolute atomic E-state index is 12.8. The second-order valence-electron chi connectivity index (χ2n) is 8.04. The van der Waals surface area contributed by atoms with Gasteiger partial charge in [0.05, 0.1) is 24.3 Å². The molecular formula is C24H28N2O6. The highest BCUT2D eigenvalue weighted by Gasteiger charge is 2.37. The number of nitrogens with one attached hydrogen (secondary N) is 1. The van der Waals surface area contributed by atoms with Crippen LogP contribution < -0.4 is 0 Å². The van der Waals surface area contributed by atoms with Gasteiger partial charge in [0, 0.05) is 25.2 Å². The van der Waals surface area contributed by atoms with E-state index in [0.29, 0.717) is 29.8 Å². The van der Waals surface area contributed by atoms with Gasteiger partial charge in [0.2, 0.25) is 11.7 Å². The number of ether oxygens (including phenoxy) is 2. The van der Waals surface area contributed by atoms with Crippen LogP contribution in [-0.4, -0.2) is 59.8 Å². The summed E-state index contributed by atoms with van der Waals surface area (Å²) >= 11 is 0. The summed E-state index contributed by atoms with van der Waals surface area (Å²) in [6.07, 6.45) is -0.281. The number of rotatable bonds is 8. The number of aromatic nitrogens is 1. The lowest BCUT2D eigenvalue weighted by Gasteiger charge is -2.17. The Balaban J connectivity index is 1.59. The van der Waals surface area contributed by atoms with E-state index in [4.69, 9.17) is 9.47 Å². The molecule has 1 aromatic carbocycles. The molecule has 2 atom stereocenters. The summed E-state index contributed by atoms with van der Waals surface area (Å²) in [6, 6.07) is 9.82. The van der Waals surface area contributed by atoms with E-state index in [1.807, 2.05) is 30.3 Å². The first-order valence-corrected chi connectivity index (χ1v) is 10.6. The molecule has 2 aromatic rings. The van der Waals surface area contributed by atoms with E-state index in [0.717, 1.165) is 5.56 Å². The number of aromatic amines is 1. The molecule has 1 aliphatic rings. The van der Waals surface area contributed by atoms with Gasteiger partial charge in [0.15, 0.2) is 6.10 Å². The zero-order chi connectivity index (χ0) is 23.4. The van der Waals surface area contributed by atoms with Crippen molar-refractivity contribution in [3.63, 3.8) is 0 Å². The molecule has 2 heterocycles. The monoisotopic (exact) mass is 440 g/mol. The van der Waals surface area contributed by atoms with E-state index in [9.17, 15) is 19.2 Å². The number of carbonyl (C=O) groups is 4. The van der Waals surface area contributed by atoms with Crippen molar-refractivity contribution in [3.8, 4) is 0 Å². The van der Waals surface area contributed by atoms with Crippen LogP contribution in [0.3, 0.4) is 0 Å². The predicted molar refractivity (Wildman–Crippen MR) is 116 cm³/mol. The van der Waals surface area contributed by atoms with Crippen LogP contribution in [0.1, 0.15) is 51.0 Å². The van der Waals surface area contributed by atoms with Gasteiger partial charge in [-0.25, -0.2) is 4.79 Å². The Hall–Kier alpha value is -3.42. The molecule has 0 unspecified atom stereocenters. The van der Waals surface area contributed by atoms with Crippen LogP contribution in [0.4, 0.5) is 0 Å². The predicted octanol–water partition coefficient (Wildman–Crippen LogP) is 2.62. The molecule has 0 radical (unpaired) electrons. The summed E-state index contributed by atoms with van der Waals surface area (Å²) in [4.78, 5) is 54.3. The van der Waals surface area contributed by atoms with Crippen molar-refractivity contribution < 1.29 is 28.7 Å². The minimum Gasteiger partial charge on any atom is -0.465 e. The van der Waals surface area contributed by atoms with E-state index >= 15 is 0 Å². The van der Waals surface area contributed by atoms with E-state index in [-0.39, 0.29) is 24.6 Å². The van der Waals surface area contributed by atoms with Gasteiger partial charge in [0.1, 0.15) is 0 Å². The van der Waals surface area contributed by atoms with E-state index in [1.165, 1.54) is 14.0 Å². The number of carbonyl (C=O) groups excluding carboxylic acids is 4. The van der Waals surface area contributed by atoms with Crippen LogP contribution in [0.2, 0.25) is 0 Å². The van der Waals surface area contributed by atoms with Gasteiger partial charge in [-0.15, -0.1) is 0 Å². The number of esters is 2. The van der Waals surface area contributed by atoms with E-state index < -0.39 is 29.7 Å². The zero-order valence-corrected chi connectivity index (χ0v) is 18.8. The third-order valence-corrected chi connectivity index (χ3v) is 5.80. The number of Topliss-reactive ketones (excluding diaryl/α,β-unsaturated/α-hetero) is 1. The topological polar surface area (TPSA) is 106 Å². The number of ketones is 1. The van der Waals surface area contributed by atoms with Crippen LogP contribution in [0.5, 0.6) is 0 Å². The average molecular weight is 440 g/mol. The Morgan fingerprint density at radius 3 is 2.53 bits per heavy atom. The SMILES string of the molecule is COC(=O)c1c(C)[nH]c(C(=O)[C@H](C)OC(=O)[C@@H]2CC(=O)N(CCc3ccccc3)C2)c1C. The highest BCUT2D eigenvalue weighted by Crippen LogP contribution is 2.23. The van der Waals surface area contributed by atoms with Crippen molar-refractivity contribution in [3.05, 3.63) is 58.4 Å². The maximum Gasteiger partial charge on any atom is 0.339 e. The lowest BCUT2D eigenvalue weighted by atomic mass is 10.1. The minimum atomic E-state index is -1.06. The quantitative estimate of drug-likeness (QED) is 0.500. The maximum atomic E-state index is 12.8. The van der Waals surface area contributed by atoms with Gasteiger partial charge in [-0.1, -0.05) is 30.3 Å². The first-order chi connectivity index (χ1) is 15.2. The molecule has 0 aliphatic carbocycles. The second-order valence-corrected chi connectivity index (χ2v) is 8.04. The summed E-state index contributed by atoms with van der Waals surface area (Å²) < 4.78 is 10.2. The minimum absolute atomic E-state index is 0.0711. The van der Waals surface area contributed by atoms with Gasteiger partial charge in [-0.05, 0) is 38.3 Å². The van der Waals surface area contributed by atoms with Crippen LogP contribution in [0, 0.1) is 19.8 Å². The fraction of sp³-hybridized carbons (Fsp3) is 0.417. The largest absolute Gasteiger partial charge is 0.465 e. The molecule has 0 bridgehead atoms. The molecule has 1 aromatic heterocycles. The molecule has 1 aliphatic heterocycles. The second kappa shape index (κ2) is 9.80. The Bertz CT molecular complexity index is 1030. The number of hydrogen-bond acceptors (Lipinski definition) is 6. The van der Waals surface area contributed by atoms with E-state index in [1.54, 1.807) is 18.7 Å². The van der Waals surface area contributed by atoms with Crippen molar-refractivity contribution >= 4 is 23.6 Å². The molecule has 1 N–H and O–H groups in total. The summed E-state index contributed by atoms with van der Waals surface area (Å²) in [5.74, 6) is -2.26. The standard InChI is InChI=1S/C24H28N2O6/c1-14-20(24(30)31-4)15(2)25-21(14)22(28)16(3)32-23(29)18-12-19(27)26(13-18)11-10-17-8-6-5-7-9-17/h5-9,16,18,25H,10-13H2,1-4H3/t16-,18+/m0/s1. The summed E-state index contributed by atoms with van der Waals surface area (Å²) in [7, 11) is 1.27. The zero-order valence-electron chi connectivity index (χ0n) is 18.8. The fourth-order valence-electron chi connectivity index (χ4n) is 3.99. The highest BCUT2D eigenvalue weighted by molar-refractivity contribution is 6.04. The van der Waals surface area contributed by atoms with Gasteiger partial charge < -0.3 is 19.4 Å². The molecule has 0 spiro atoms. The Morgan fingerprint density at radius 1 is 1.19 bits per heavy atom. The van der Waals surface area contributed by atoms with Crippen molar-refractivity contribution in [1.82, 2.24) is 9.88 Å². The number of likely N-dealkylation sites (tertiary alicyclic amines) is 1. The summed E-state index contributed by atoms with van der Waals surface area (Å²) in [5, 5.41) is 0. The van der Waals surface area contributed by atoms with Crippen molar-refractivity contribution in [2.24, 2.45) is 5.92 Å². The number of H-pyrrole nitrogens is 1.